The van der Waals surface area contributed by atoms with Crippen molar-refractivity contribution in [2.75, 3.05) is 0 Å². The number of phenols is 2. The van der Waals surface area contributed by atoms with Gasteiger partial charge in [0.2, 0.25) is 0 Å². The van der Waals surface area contributed by atoms with Crippen LogP contribution in [0.5, 0.6) is 11.5 Å². The molecule has 0 bridgehead atoms. The Morgan fingerprint density at radius 1 is 0.739 bits per heavy atom. The maximum Gasteiger partial charge on any atom is 0.115 e. The van der Waals surface area contributed by atoms with Crippen LogP contribution in [0.15, 0.2) is 48.5 Å². The Hall–Kier alpha value is -1.96. The Morgan fingerprint density at radius 2 is 1.13 bits per heavy atom. The average Bonchev–Trinajstić information content (AvgIpc) is 2.45. The van der Waals surface area contributed by atoms with E-state index in [0.717, 1.165) is 6.42 Å². The molecule has 0 atom stereocenters. The summed E-state index contributed by atoms with van der Waals surface area (Å²) in [6.07, 6.45) is 2.19. The molecule has 2 rings (SSSR count). The first-order valence-corrected chi connectivity index (χ1v) is 8.35. The molecule has 0 saturated carbocycles. The molecule has 2 aromatic carbocycles. The molecule has 0 amide bonds. The van der Waals surface area contributed by atoms with Crippen LogP contribution in [0.4, 0.5) is 0 Å². The zero-order valence-corrected chi connectivity index (χ0v) is 14.6. The number of benzene rings is 2. The second-order valence-electron chi connectivity index (χ2n) is 7.70. The van der Waals surface area contributed by atoms with Crippen LogP contribution in [0.2, 0.25) is 0 Å². The van der Waals surface area contributed by atoms with E-state index in [1.165, 1.54) is 17.5 Å². The van der Waals surface area contributed by atoms with E-state index in [9.17, 15) is 10.2 Å². The van der Waals surface area contributed by atoms with Gasteiger partial charge in [0.05, 0.1) is 0 Å². The summed E-state index contributed by atoms with van der Waals surface area (Å²) in [6, 6.07) is 15.0. The highest BCUT2D eigenvalue weighted by Crippen LogP contribution is 2.40. The van der Waals surface area contributed by atoms with E-state index in [4.69, 9.17) is 0 Å². The molecule has 0 aromatic heterocycles. The van der Waals surface area contributed by atoms with Crippen molar-refractivity contribution in [1.82, 2.24) is 0 Å². The Morgan fingerprint density at radius 3 is 1.48 bits per heavy atom. The Bertz CT molecular complexity index is 564. The van der Waals surface area contributed by atoms with Crippen LogP contribution in [-0.2, 0) is 0 Å². The highest BCUT2D eigenvalue weighted by atomic mass is 16.3. The molecular formula is C21H28O2. The fourth-order valence-corrected chi connectivity index (χ4v) is 3.58. The van der Waals surface area contributed by atoms with Crippen LogP contribution in [0.1, 0.15) is 57.6 Å². The van der Waals surface area contributed by atoms with Crippen molar-refractivity contribution in [3.05, 3.63) is 59.7 Å². The highest BCUT2D eigenvalue weighted by molar-refractivity contribution is 5.37. The lowest BCUT2D eigenvalue weighted by atomic mass is 9.73. The maximum atomic E-state index is 9.56. The van der Waals surface area contributed by atoms with E-state index in [-0.39, 0.29) is 11.3 Å². The third-order valence-corrected chi connectivity index (χ3v) is 4.31. The molecule has 2 nitrogen and oxygen atoms in total. The zero-order chi connectivity index (χ0) is 17.0. The fraction of sp³-hybridized carbons (Fsp3) is 0.429. The Labute approximate surface area is 139 Å². The van der Waals surface area contributed by atoms with Crippen molar-refractivity contribution in [2.45, 2.75) is 46.5 Å². The maximum absolute atomic E-state index is 9.56. The van der Waals surface area contributed by atoms with Gasteiger partial charge >= 0.3 is 0 Å². The van der Waals surface area contributed by atoms with E-state index in [2.05, 4.69) is 27.7 Å². The van der Waals surface area contributed by atoms with Crippen LogP contribution < -0.4 is 0 Å². The summed E-state index contributed by atoms with van der Waals surface area (Å²) >= 11 is 0. The summed E-state index contributed by atoms with van der Waals surface area (Å²) in [7, 11) is 0. The normalized spacial score (nSPS) is 12.1. The minimum absolute atomic E-state index is 0.217. The number of hydrogen-bond acceptors (Lipinski definition) is 2. The third-order valence-electron chi connectivity index (χ3n) is 4.31. The molecule has 2 heteroatoms. The van der Waals surface area contributed by atoms with Gasteiger partial charge in [-0.15, -0.1) is 0 Å². The molecule has 0 saturated heterocycles. The second kappa shape index (κ2) is 7.08. The van der Waals surface area contributed by atoms with Crippen LogP contribution >= 0.6 is 0 Å². The molecule has 2 aromatic rings. The highest BCUT2D eigenvalue weighted by Gasteiger charge is 2.26. The van der Waals surface area contributed by atoms with Gasteiger partial charge in [0.25, 0.3) is 0 Å². The first-order valence-electron chi connectivity index (χ1n) is 8.35. The van der Waals surface area contributed by atoms with Crippen molar-refractivity contribution >= 4 is 0 Å². The molecular weight excluding hydrogens is 284 g/mol. The Kier molecular flexibility index (Phi) is 5.35. The molecule has 0 heterocycles. The van der Waals surface area contributed by atoms with Gasteiger partial charge in [0, 0.05) is 5.92 Å². The Balaban J connectivity index is 2.35. The standard InChI is InChI=1S/C21H28O2/c1-15(2)13-21(3,4)14-20(16-5-9-18(22)10-6-16)17-7-11-19(23)12-8-17/h5-12,15,20,22-23H,13-14H2,1-4H3. The molecule has 0 spiro atoms. The lowest BCUT2D eigenvalue weighted by molar-refractivity contribution is 0.254. The average molecular weight is 312 g/mol. The monoisotopic (exact) mass is 312 g/mol. The summed E-state index contributed by atoms with van der Waals surface area (Å²) in [6.45, 7) is 9.16. The van der Waals surface area contributed by atoms with Crippen LogP contribution in [0.3, 0.4) is 0 Å². The predicted molar refractivity (Wildman–Crippen MR) is 95.9 cm³/mol. The van der Waals surface area contributed by atoms with Crippen molar-refractivity contribution < 1.29 is 10.2 Å². The van der Waals surface area contributed by atoms with Gasteiger partial charge in [-0.2, -0.15) is 0 Å². The van der Waals surface area contributed by atoms with Crippen molar-refractivity contribution in [1.29, 1.82) is 0 Å². The van der Waals surface area contributed by atoms with Crippen LogP contribution in [-0.4, -0.2) is 10.2 Å². The van der Waals surface area contributed by atoms with Crippen molar-refractivity contribution in [3.63, 3.8) is 0 Å². The quantitative estimate of drug-likeness (QED) is 0.719. The van der Waals surface area contributed by atoms with E-state index < -0.39 is 0 Å². The topological polar surface area (TPSA) is 40.5 Å². The first-order chi connectivity index (χ1) is 10.8. The van der Waals surface area contributed by atoms with Gasteiger partial charge in [-0.1, -0.05) is 52.0 Å². The zero-order valence-electron chi connectivity index (χ0n) is 14.6. The smallest absolute Gasteiger partial charge is 0.115 e. The fourth-order valence-electron chi connectivity index (χ4n) is 3.58. The van der Waals surface area contributed by atoms with E-state index in [0.29, 0.717) is 17.4 Å². The lowest BCUT2D eigenvalue weighted by Crippen LogP contribution is -2.19. The third kappa shape index (κ3) is 5.02. The minimum atomic E-state index is 0.217. The van der Waals surface area contributed by atoms with Gasteiger partial charge in [-0.25, -0.2) is 0 Å². The van der Waals surface area contributed by atoms with Gasteiger partial charge in [-0.3, -0.25) is 0 Å². The van der Waals surface area contributed by atoms with E-state index >= 15 is 0 Å². The molecule has 0 aliphatic carbocycles. The molecule has 0 unspecified atom stereocenters. The van der Waals surface area contributed by atoms with E-state index in [1.54, 1.807) is 24.3 Å². The van der Waals surface area contributed by atoms with Gasteiger partial charge in [0.15, 0.2) is 0 Å². The number of phenolic OH excluding ortho intramolecular Hbond substituents is 2. The van der Waals surface area contributed by atoms with Crippen molar-refractivity contribution in [3.8, 4) is 11.5 Å². The van der Waals surface area contributed by atoms with E-state index in [1.807, 2.05) is 24.3 Å². The summed E-state index contributed by atoms with van der Waals surface area (Å²) in [4.78, 5) is 0. The van der Waals surface area contributed by atoms with Gasteiger partial charge < -0.3 is 10.2 Å². The molecule has 0 fully saturated rings. The van der Waals surface area contributed by atoms with Crippen molar-refractivity contribution in [2.24, 2.45) is 11.3 Å². The number of aromatic hydroxyl groups is 2. The molecule has 0 aliphatic heterocycles. The predicted octanol–water partition coefficient (Wildman–Crippen LogP) is 5.69. The second-order valence-corrected chi connectivity index (χ2v) is 7.70. The lowest BCUT2D eigenvalue weighted by Gasteiger charge is -2.32. The molecule has 0 radical (unpaired) electrons. The molecule has 124 valence electrons. The largest absolute Gasteiger partial charge is 0.508 e. The SMILES string of the molecule is CC(C)CC(C)(C)CC(c1ccc(O)cc1)c1ccc(O)cc1. The summed E-state index contributed by atoms with van der Waals surface area (Å²) < 4.78 is 0. The minimum Gasteiger partial charge on any atom is -0.508 e. The summed E-state index contributed by atoms with van der Waals surface area (Å²) in [5.74, 6) is 1.49. The van der Waals surface area contributed by atoms with Crippen LogP contribution in [0, 0.1) is 11.3 Å². The molecule has 0 aliphatic rings. The summed E-state index contributed by atoms with van der Waals surface area (Å²) in [5.41, 5.74) is 2.62. The summed E-state index contributed by atoms with van der Waals surface area (Å²) in [5, 5.41) is 19.1. The van der Waals surface area contributed by atoms with Gasteiger partial charge in [0.1, 0.15) is 11.5 Å². The van der Waals surface area contributed by atoms with Gasteiger partial charge in [-0.05, 0) is 59.6 Å². The molecule has 23 heavy (non-hydrogen) atoms. The van der Waals surface area contributed by atoms with Crippen LogP contribution in [0.25, 0.3) is 0 Å². The molecule has 2 N–H and O–H groups in total. The number of hydrogen-bond donors (Lipinski definition) is 2. The number of rotatable bonds is 6. The first kappa shape index (κ1) is 17.4.